The van der Waals surface area contributed by atoms with E-state index in [4.69, 9.17) is 37.9 Å². The van der Waals surface area contributed by atoms with Gasteiger partial charge in [-0.05, 0) is 143 Å². The lowest BCUT2D eigenvalue weighted by Gasteiger charge is -2.27. The van der Waals surface area contributed by atoms with Crippen molar-refractivity contribution in [3.63, 3.8) is 0 Å². The molecule has 0 amide bonds. The van der Waals surface area contributed by atoms with Crippen molar-refractivity contribution in [1.29, 1.82) is 0 Å². The Labute approximate surface area is 391 Å². The summed E-state index contributed by atoms with van der Waals surface area (Å²) in [6.07, 6.45) is 10.2. The fourth-order valence-electron chi connectivity index (χ4n) is 7.75. The molecular weight excluding hydrogens is 865 g/mol. The topological polar surface area (TPSA) is 193 Å². The van der Waals surface area contributed by atoms with Crippen molar-refractivity contribution in [1.82, 2.24) is 0 Å². The van der Waals surface area contributed by atoms with Crippen molar-refractivity contribution < 1.29 is 71.5 Å². The number of benzene rings is 3. The first-order chi connectivity index (χ1) is 32.4. The average Bonchev–Trinajstić information content (AvgIpc) is 3.34. The van der Waals surface area contributed by atoms with E-state index in [0.717, 1.165) is 54.7 Å². The van der Waals surface area contributed by atoms with Crippen LogP contribution in [-0.2, 0) is 60.6 Å². The van der Waals surface area contributed by atoms with Gasteiger partial charge in [0.2, 0.25) is 0 Å². The Morgan fingerprint density at radius 2 is 1.04 bits per heavy atom. The van der Waals surface area contributed by atoms with Gasteiger partial charge < -0.3 is 37.9 Å². The summed E-state index contributed by atoms with van der Waals surface area (Å²) in [5.74, 6) is -3.17. The van der Waals surface area contributed by atoms with Gasteiger partial charge >= 0.3 is 41.8 Å². The number of ether oxygens (including phenoxy) is 8. The van der Waals surface area contributed by atoms with Crippen LogP contribution in [0.2, 0.25) is 0 Å². The van der Waals surface area contributed by atoms with Crippen molar-refractivity contribution >= 4 is 41.8 Å². The van der Waals surface area contributed by atoms with Gasteiger partial charge in [-0.2, -0.15) is 0 Å². The van der Waals surface area contributed by atoms with Crippen molar-refractivity contribution in [3.8, 4) is 23.0 Å². The molecule has 0 saturated heterocycles. The minimum atomic E-state index is -0.779. The Kier molecular flexibility index (Phi) is 20.6. The fourth-order valence-corrected chi connectivity index (χ4v) is 7.75. The van der Waals surface area contributed by atoms with Gasteiger partial charge in [0.1, 0.15) is 40.8 Å². The third-order valence-corrected chi connectivity index (χ3v) is 11.6. The summed E-state index contributed by atoms with van der Waals surface area (Å²) >= 11 is 0. The molecule has 0 unspecified atom stereocenters. The predicted octanol–water partition coefficient (Wildman–Crippen LogP) is 8.51. The van der Waals surface area contributed by atoms with Crippen LogP contribution in [-0.4, -0.2) is 74.3 Å². The number of aryl methyl sites for hydroxylation is 2. The Morgan fingerprint density at radius 1 is 0.552 bits per heavy atom. The summed E-state index contributed by atoms with van der Waals surface area (Å²) in [4.78, 5) is 86.9. The number of rotatable bonds is 24. The van der Waals surface area contributed by atoms with E-state index in [1.54, 1.807) is 24.3 Å². The van der Waals surface area contributed by atoms with E-state index in [1.165, 1.54) is 25.3 Å². The van der Waals surface area contributed by atoms with Gasteiger partial charge in [0.15, 0.2) is 0 Å². The lowest BCUT2D eigenvalue weighted by molar-refractivity contribution is -0.153. The summed E-state index contributed by atoms with van der Waals surface area (Å²) < 4.78 is 43.5. The lowest BCUT2D eigenvalue weighted by Crippen LogP contribution is -2.30. The van der Waals surface area contributed by atoms with Crippen molar-refractivity contribution in [2.75, 3.05) is 20.3 Å². The van der Waals surface area contributed by atoms with Crippen LogP contribution in [0.5, 0.6) is 23.0 Å². The van der Waals surface area contributed by atoms with Crippen molar-refractivity contribution in [2.24, 2.45) is 11.8 Å². The molecular formula is C52H60O15. The Hall–Kier alpha value is -6.77. The SMILES string of the molecule is C=CC(=O)OCCCCCCOc1ccc(CCC(=O)OC2CCC(C(=O)Oc3ccc(OC(=O)C4CCC(OC(=O)CCc5ccc(OC(=O)C=C)cc5)CC4)c(C(=O)OC)c3)CC2)cc1. The number of unbranched alkanes of at least 4 members (excludes halogenated alkanes) is 3. The lowest BCUT2D eigenvalue weighted by atomic mass is 9.87. The summed E-state index contributed by atoms with van der Waals surface area (Å²) in [5.41, 5.74) is 1.78. The van der Waals surface area contributed by atoms with Gasteiger partial charge in [-0.25, -0.2) is 14.4 Å². The summed E-state index contributed by atoms with van der Waals surface area (Å²) in [5, 5.41) is 0. The largest absolute Gasteiger partial charge is 0.494 e. The van der Waals surface area contributed by atoms with Crippen LogP contribution in [0.3, 0.4) is 0 Å². The highest BCUT2D eigenvalue weighted by molar-refractivity contribution is 5.94. The van der Waals surface area contributed by atoms with Crippen LogP contribution >= 0.6 is 0 Å². The zero-order chi connectivity index (χ0) is 48.0. The minimum absolute atomic E-state index is 0.0351. The second kappa shape index (κ2) is 27.0. The van der Waals surface area contributed by atoms with Crippen LogP contribution in [0.25, 0.3) is 0 Å². The highest BCUT2D eigenvalue weighted by Crippen LogP contribution is 2.33. The third-order valence-electron chi connectivity index (χ3n) is 11.6. The number of hydrogen-bond donors (Lipinski definition) is 0. The van der Waals surface area contributed by atoms with Crippen molar-refractivity contribution in [2.45, 2.75) is 115 Å². The molecule has 0 radical (unpaired) electrons. The molecule has 15 heteroatoms. The second-order valence-corrected chi connectivity index (χ2v) is 16.5. The molecule has 0 aliphatic heterocycles. The standard InChI is InChI=1S/C52H60O15/c1-4-46(53)62-33-9-7-6-8-32-61-39-20-10-35(11-21-39)14-30-48(55)64-41-24-16-37(17-25-41)50(57)66-43-28-29-45(44(34-43)52(59)60-3)67-51(58)38-18-26-42(27-19-38)65-49(56)31-15-36-12-22-40(23-13-36)63-47(54)5-2/h4-5,10-13,20-23,28-29,34,37-38,41-42H,1-2,6-9,14-19,24-27,30-33H2,3H3. The molecule has 15 nitrogen and oxygen atoms in total. The number of hydrogen-bond acceptors (Lipinski definition) is 15. The van der Waals surface area contributed by atoms with Crippen LogP contribution in [0.4, 0.5) is 0 Å². The molecule has 3 aromatic rings. The average molecular weight is 925 g/mol. The Balaban J connectivity index is 0.971. The van der Waals surface area contributed by atoms with E-state index in [0.29, 0.717) is 83.2 Å². The first-order valence-corrected chi connectivity index (χ1v) is 22.9. The highest BCUT2D eigenvalue weighted by Gasteiger charge is 2.32. The molecule has 3 aromatic carbocycles. The third kappa shape index (κ3) is 17.5. The first kappa shape index (κ1) is 51.2. The van der Waals surface area contributed by atoms with Crippen LogP contribution in [0, 0.1) is 11.8 Å². The molecule has 0 spiro atoms. The van der Waals surface area contributed by atoms with Gasteiger partial charge in [-0.1, -0.05) is 37.4 Å². The molecule has 358 valence electrons. The molecule has 0 aromatic heterocycles. The van der Waals surface area contributed by atoms with Gasteiger partial charge in [-0.3, -0.25) is 19.2 Å². The van der Waals surface area contributed by atoms with Gasteiger partial charge in [0.25, 0.3) is 0 Å². The smallest absolute Gasteiger partial charge is 0.341 e. The maximum absolute atomic E-state index is 13.2. The molecule has 0 heterocycles. The molecule has 0 bridgehead atoms. The van der Waals surface area contributed by atoms with Gasteiger partial charge in [-0.15, -0.1) is 0 Å². The van der Waals surface area contributed by atoms with E-state index < -0.39 is 41.7 Å². The van der Waals surface area contributed by atoms with E-state index in [-0.39, 0.29) is 54.1 Å². The van der Waals surface area contributed by atoms with Crippen LogP contribution in [0.1, 0.15) is 111 Å². The highest BCUT2D eigenvalue weighted by atomic mass is 16.6. The number of carbonyl (C=O) groups excluding carboxylic acids is 7. The molecule has 5 rings (SSSR count). The first-order valence-electron chi connectivity index (χ1n) is 22.9. The molecule has 2 saturated carbocycles. The molecule has 0 N–H and O–H groups in total. The predicted molar refractivity (Wildman–Crippen MR) is 243 cm³/mol. The molecule has 0 atom stereocenters. The zero-order valence-electron chi connectivity index (χ0n) is 38.1. The molecule has 2 aliphatic carbocycles. The van der Waals surface area contributed by atoms with Crippen LogP contribution in [0.15, 0.2) is 92.0 Å². The van der Waals surface area contributed by atoms with Crippen LogP contribution < -0.4 is 18.9 Å². The number of carbonyl (C=O) groups is 7. The number of methoxy groups -OCH3 is 1. The Morgan fingerprint density at radius 3 is 1.57 bits per heavy atom. The number of esters is 7. The maximum Gasteiger partial charge on any atom is 0.341 e. The molecule has 2 fully saturated rings. The van der Waals surface area contributed by atoms with E-state index in [1.807, 2.05) is 24.3 Å². The monoisotopic (exact) mass is 924 g/mol. The Bertz CT molecular complexity index is 2160. The van der Waals surface area contributed by atoms with Crippen molar-refractivity contribution in [3.05, 3.63) is 109 Å². The minimum Gasteiger partial charge on any atom is -0.494 e. The summed E-state index contributed by atoms with van der Waals surface area (Å²) in [6.45, 7) is 7.71. The molecule has 67 heavy (non-hydrogen) atoms. The normalized spacial score (nSPS) is 17.7. The second-order valence-electron chi connectivity index (χ2n) is 16.5. The molecule has 2 aliphatic rings. The van der Waals surface area contributed by atoms with Gasteiger partial charge in [0, 0.05) is 25.0 Å². The summed E-state index contributed by atoms with van der Waals surface area (Å²) in [7, 11) is 1.19. The maximum atomic E-state index is 13.2. The van der Waals surface area contributed by atoms with E-state index >= 15 is 0 Å². The van der Waals surface area contributed by atoms with Gasteiger partial charge in [0.05, 0.1) is 32.2 Å². The summed E-state index contributed by atoms with van der Waals surface area (Å²) in [6, 6.07) is 18.6. The quantitative estimate of drug-likeness (QED) is 0.0273. The van der Waals surface area contributed by atoms with E-state index in [2.05, 4.69) is 13.2 Å². The van der Waals surface area contributed by atoms with E-state index in [9.17, 15) is 33.6 Å². The fraction of sp³-hybridized carbons (Fsp3) is 0.442. The zero-order valence-corrected chi connectivity index (χ0v) is 38.1.